The molecule has 80 valence electrons. The van der Waals surface area contributed by atoms with Crippen LogP contribution < -0.4 is 0 Å². The van der Waals surface area contributed by atoms with Crippen LogP contribution in [-0.2, 0) is 0 Å². The van der Waals surface area contributed by atoms with Crippen molar-refractivity contribution in [2.75, 3.05) is 0 Å². The SMILES string of the molecule is N#Cc1nc(-c2ccccn2)n2ccccc12. The van der Waals surface area contributed by atoms with Crippen LogP contribution in [0.3, 0.4) is 0 Å². The van der Waals surface area contributed by atoms with Gasteiger partial charge in [-0.05, 0) is 24.3 Å². The Bertz CT molecular complexity index is 707. The summed E-state index contributed by atoms with van der Waals surface area (Å²) >= 11 is 0. The molecule has 0 spiro atoms. The molecule has 17 heavy (non-hydrogen) atoms. The molecule has 0 aliphatic heterocycles. The van der Waals surface area contributed by atoms with Crippen LogP contribution in [0.4, 0.5) is 0 Å². The Labute approximate surface area is 97.8 Å². The Morgan fingerprint density at radius 3 is 2.76 bits per heavy atom. The van der Waals surface area contributed by atoms with Gasteiger partial charge in [0.25, 0.3) is 0 Å². The van der Waals surface area contributed by atoms with Gasteiger partial charge in [-0.1, -0.05) is 12.1 Å². The van der Waals surface area contributed by atoms with E-state index in [-0.39, 0.29) is 0 Å². The third kappa shape index (κ3) is 1.45. The van der Waals surface area contributed by atoms with Gasteiger partial charge in [0, 0.05) is 12.4 Å². The lowest BCUT2D eigenvalue weighted by atomic mass is 10.3. The summed E-state index contributed by atoms with van der Waals surface area (Å²) in [6.45, 7) is 0. The van der Waals surface area contributed by atoms with E-state index in [1.807, 2.05) is 47.0 Å². The standard InChI is InChI=1S/C13H8N4/c14-9-11-12-6-2-4-8-17(12)13(16-11)10-5-1-3-7-15-10/h1-8H. The molecule has 0 atom stereocenters. The van der Waals surface area contributed by atoms with E-state index in [9.17, 15) is 0 Å². The van der Waals surface area contributed by atoms with Crippen molar-refractivity contribution < 1.29 is 0 Å². The second kappa shape index (κ2) is 3.72. The van der Waals surface area contributed by atoms with E-state index < -0.39 is 0 Å². The lowest BCUT2D eigenvalue weighted by Crippen LogP contribution is -1.90. The summed E-state index contributed by atoms with van der Waals surface area (Å²) in [5, 5.41) is 9.05. The van der Waals surface area contributed by atoms with Gasteiger partial charge in [0.2, 0.25) is 0 Å². The third-order valence-corrected chi connectivity index (χ3v) is 2.55. The van der Waals surface area contributed by atoms with Crippen molar-refractivity contribution in [2.45, 2.75) is 0 Å². The van der Waals surface area contributed by atoms with Crippen molar-refractivity contribution in [3.63, 3.8) is 0 Å². The quantitative estimate of drug-likeness (QED) is 0.632. The predicted molar refractivity (Wildman–Crippen MR) is 63.1 cm³/mol. The van der Waals surface area contributed by atoms with Gasteiger partial charge in [0.05, 0.1) is 5.52 Å². The molecule has 0 radical (unpaired) electrons. The van der Waals surface area contributed by atoms with E-state index >= 15 is 0 Å². The molecule has 0 saturated carbocycles. The van der Waals surface area contributed by atoms with Crippen LogP contribution in [0.15, 0.2) is 48.8 Å². The second-order valence-electron chi connectivity index (χ2n) is 3.57. The zero-order valence-electron chi connectivity index (χ0n) is 8.91. The minimum Gasteiger partial charge on any atom is -0.297 e. The second-order valence-corrected chi connectivity index (χ2v) is 3.57. The fourth-order valence-electron chi connectivity index (χ4n) is 1.80. The molecule has 0 unspecified atom stereocenters. The van der Waals surface area contributed by atoms with E-state index in [0.29, 0.717) is 11.5 Å². The number of aromatic nitrogens is 3. The third-order valence-electron chi connectivity index (χ3n) is 2.55. The van der Waals surface area contributed by atoms with Crippen molar-refractivity contribution in [1.82, 2.24) is 14.4 Å². The number of hydrogen-bond acceptors (Lipinski definition) is 3. The smallest absolute Gasteiger partial charge is 0.167 e. The van der Waals surface area contributed by atoms with Gasteiger partial charge in [-0.15, -0.1) is 0 Å². The molecule has 0 aliphatic carbocycles. The maximum Gasteiger partial charge on any atom is 0.167 e. The van der Waals surface area contributed by atoms with Crippen molar-refractivity contribution in [3.8, 4) is 17.6 Å². The molecule has 3 aromatic heterocycles. The van der Waals surface area contributed by atoms with E-state index in [2.05, 4.69) is 16.0 Å². The summed E-state index contributed by atoms with van der Waals surface area (Å²) in [6.07, 6.45) is 3.60. The van der Waals surface area contributed by atoms with Crippen LogP contribution in [0.5, 0.6) is 0 Å². The number of nitrogens with zero attached hydrogens (tertiary/aromatic N) is 4. The number of nitriles is 1. The van der Waals surface area contributed by atoms with Crippen LogP contribution >= 0.6 is 0 Å². The van der Waals surface area contributed by atoms with E-state index in [4.69, 9.17) is 5.26 Å². The Hall–Kier alpha value is -2.67. The summed E-state index contributed by atoms with van der Waals surface area (Å²) in [4.78, 5) is 8.57. The predicted octanol–water partition coefficient (Wildman–Crippen LogP) is 2.27. The summed E-state index contributed by atoms with van der Waals surface area (Å²) in [6, 6.07) is 13.4. The molecule has 0 amide bonds. The first kappa shape index (κ1) is 9.55. The Morgan fingerprint density at radius 1 is 1.12 bits per heavy atom. The molecule has 0 aliphatic rings. The topological polar surface area (TPSA) is 54.0 Å². The van der Waals surface area contributed by atoms with Gasteiger partial charge in [0.15, 0.2) is 11.5 Å². The average molecular weight is 220 g/mol. The molecule has 4 nitrogen and oxygen atoms in total. The van der Waals surface area contributed by atoms with E-state index in [1.54, 1.807) is 6.20 Å². The molecule has 3 heterocycles. The number of imidazole rings is 1. The van der Waals surface area contributed by atoms with Gasteiger partial charge in [-0.25, -0.2) is 4.98 Å². The monoisotopic (exact) mass is 220 g/mol. The maximum absolute atomic E-state index is 9.05. The molecule has 0 aromatic carbocycles. The highest BCUT2D eigenvalue weighted by Gasteiger charge is 2.11. The molecule has 0 bridgehead atoms. The van der Waals surface area contributed by atoms with Crippen molar-refractivity contribution in [2.24, 2.45) is 0 Å². The average Bonchev–Trinajstić information content (AvgIpc) is 2.78. The Balaban J connectivity index is 2.35. The van der Waals surface area contributed by atoms with Gasteiger partial charge in [-0.2, -0.15) is 5.26 Å². The lowest BCUT2D eigenvalue weighted by Gasteiger charge is -1.98. The highest BCUT2D eigenvalue weighted by molar-refractivity contribution is 5.66. The molecule has 3 rings (SSSR count). The number of rotatable bonds is 1. The maximum atomic E-state index is 9.05. The summed E-state index contributed by atoms with van der Waals surface area (Å²) in [7, 11) is 0. The molecule has 3 aromatic rings. The first-order valence-corrected chi connectivity index (χ1v) is 5.19. The summed E-state index contributed by atoms with van der Waals surface area (Å²) < 4.78 is 1.88. The van der Waals surface area contributed by atoms with E-state index in [1.165, 1.54) is 0 Å². The summed E-state index contributed by atoms with van der Waals surface area (Å²) in [5.74, 6) is 0.692. The fourth-order valence-corrected chi connectivity index (χ4v) is 1.80. The first-order chi connectivity index (χ1) is 8.40. The van der Waals surface area contributed by atoms with Crippen LogP contribution in [0.25, 0.3) is 17.0 Å². The minimum absolute atomic E-state index is 0.422. The molecule has 0 fully saturated rings. The van der Waals surface area contributed by atoms with E-state index in [0.717, 1.165) is 11.2 Å². The number of hydrogen-bond donors (Lipinski definition) is 0. The lowest BCUT2D eigenvalue weighted by molar-refractivity contribution is 1.13. The van der Waals surface area contributed by atoms with Crippen molar-refractivity contribution >= 4 is 5.52 Å². The summed E-state index contributed by atoms with van der Waals surface area (Å²) in [5.41, 5.74) is 1.98. The number of fused-ring (bicyclic) bond motifs is 1. The fraction of sp³-hybridized carbons (Fsp3) is 0. The zero-order valence-corrected chi connectivity index (χ0v) is 8.91. The molecular weight excluding hydrogens is 212 g/mol. The molecule has 0 N–H and O–H groups in total. The minimum atomic E-state index is 0.422. The molecule has 0 saturated heterocycles. The van der Waals surface area contributed by atoms with Crippen LogP contribution in [0, 0.1) is 11.3 Å². The largest absolute Gasteiger partial charge is 0.297 e. The Kier molecular flexibility index (Phi) is 2.09. The first-order valence-electron chi connectivity index (χ1n) is 5.19. The highest BCUT2D eigenvalue weighted by Crippen LogP contribution is 2.20. The van der Waals surface area contributed by atoms with Gasteiger partial charge in [-0.3, -0.25) is 9.38 Å². The van der Waals surface area contributed by atoms with Gasteiger partial charge in [0.1, 0.15) is 11.8 Å². The van der Waals surface area contributed by atoms with Crippen LogP contribution in [0.2, 0.25) is 0 Å². The van der Waals surface area contributed by atoms with Crippen LogP contribution in [0.1, 0.15) is 5.69 Å². The van der Waals surface area contributed by atoms with Gasteiger partial charge < -0.3 is 0 Å². The van der Waals surface area contributed by atoms with Gasteiger partial charge >= 0.3 is 0 Å². The normalized spacial score (nSPS) is 10.3. The Morgan fingerprint density at radius 2 is 2.00 bits per heavy atom. The van der Waals surface area contributed by atoms with Crippen molar-refractivity contribution in [1.29, 1.82) is 5.26 Å². The highest BCUT2D eigenvalue weighted by atomic mass is 15.0. The molecular formula is C13H8N4. The molecule has 4 heteroatoms. The zero-order chi connectivity index (χ0) is 11.7. The van der Waals surface area contributed by atoms with Crippen LogP contribution in [-0.4, -0.2) is 14.4 Å². The number of pyridine rings is 2. The van der Waals surface area contributed by atoms with Crippen molar-refractivity contribution in [3.05, 3.63) is 54.5 Å².